The molecule has 60 valence electrons. The van der Waals surface area contributed by atoms with E-state index in [1.807, 2.05) is 0 Å². The molecule has 0 amide bonds. The second-order valence-corrected chi connectivity index (χ2v) is 3.16. The highest BCUT2D eigenvalue weighted by Gasteiger charge is 2.32. The van der Waals surface area contributed by atoms with Crippen LogP contribution in [0.1, 0.15) is 26.2 Å². The van der Waals surface area contributed by atoms with E-state index in [2.05, 4.69) is 6.92 Å². The highest BCUT2D eigenvalue weighted by molar-refractivity contribution is 4.82. The number of aliphatic hydroxyl groups is 2. The van der Waals surface area contributed by atoms with Gasteiger partial charge in [0, 0.05) is 12.5 Å². The Morgan fingerprint density at radius 1 is 1.40 bits per heavy atom. The Hall–Kier alpha value is -0.0800. The van der Waals surface area contributed by atoms with Crippen molar-refractivity contribution in [1.29, 1.82) is 0 Å². The first kappa shape index (κ1) is 8.02. The minimum atomic E-state index is -0.241. The molecule has 0 aromatic heterocycles. The predicted octanol–water partition coefficient (Wildman–Crippen LogP) is 0.776. The van der Waals surface area contributed by atoms with Gasteiger partial charge in [0.05, 0.1) is 6.10 Å². The fraction of sp³-hybridized carbons (Fsp3) is 1.00. The van der Waals surface area contributed by atoms with Crippen molar-refractivity contribution in [2.75, 3.05) is 6.61 Å². The quantitative estimate of drug-likeness (QED) is 0.601. The average Bonchev–Trinajstić information content (AvgIpc) is 2.30. The van der Waals surface area contributed by atoms with Crippen molar-refractivity contribution in [3.8, 4) is 0 Å². The van der Waals surface area contributed by atoms with Crippen molar-refractivity contribution >= 4 is 0 Å². The van der Waals surface area contributed by atoms with Crippen molar-refractivity contribution in [1.82, 2.24) is 0 Å². The fourth-order valence-corrected chi connectivity index (χ4v) is 1.90. The first-order valence-corrected chi connectivity index (χ1v) is 4.08. The van der Waals surface area contributed by atoms with E-state index < -0.39 is 0 Å². The lowest BCUT2D eigenvalue weighted by Crippen LogP contribution is -2.22. The lowest BCUT2D eigenvalue weighted by Gasteiger charge is -2.17. The van der Waals surface area contributed by atoms with Crippen LogP contribution in [0.5, 0.6) is 0 Å². The molecule has 1 fully saturated rings. The largest absolute Gasteiger partial charge is 0.396 e. The van der Waals surface area contributed by atoms with E-state index in [1.165, 1.54) is 0 Å². The summed E-state index contributed by atoms with van der Waals surface area (Å²) in [6, 6.07) is 0. The van der Waals surface area contributed by atoms with E-state index >= 15 is 0 Å². The van der Waals surface area contributed by atoms with E-state index in [4.69, 9.17) is 5.11 Å². The van der Waals surface area contributed by atoms with Crippen LogP contribution >= 0.6 is 0 Å². The Morgan fingerprint density at radius 2 is 2.10 bits per heavy atom. The molecule has 1 rings (SSSR count). The number of hydrogen-bond donors (Lipinski definition) is 2. The summed E-state index contributed by atoms with van der Waals surface area (Å²) < 4.78 is 0. The Labute approximate surface area is 61.9 Å². The highest BCUT2D eigenvalue weighted by Crippen LogP contribution is 2.33. The van der Waals surface area contributed by atoms with Crippen LogP contribution in [-0.4, -0.2) is 22.9 Å². The van der Waals surface area contributed by atoms with Crippen molar-refractivity contribution in [3.63, 3.8) is 0 Å². The van der Waals surface area contributed by atoms with Gasteiger partial charge in [0.25, 0.3) is 0 Å². The van der Waals surface area contributed by atoms with Crippen molar-refractivity contribution < 1.29 is 10.2 Å². The van der Waals surface area contributed by atoms with Gasteiger partial charge in [-0.2, -0.15) is 0 Å². The molecule has 0 aromatic rings. The van der Waals surface area contributed by atoms with E-state index in [-0.39, 0.29) is 18.6 Å². The van der Waals surface area contributed by atoms with Gasteiger partial charge in [0.2, 0.25) is 0 Å². The Balaban J connectivity index is 2.45. The number of aliphatic hydroxyl groups excluding tert-OH is 2. The normalized spacial score (nSPS) is 40.5. The summed E-state index contributed by atoms with van der Waals surface area (Å²) >= 11 is 0. The second kappa shape index (κ2) is 3.35. The van der Waals surface area contributed by atoms with E-state index in [0.29, 0.717) is 5.92 Å². The number of rotatable bonds is 2. The molecular formula is C8H16O2. The molecule has 1 aliphatic carbocycles. The zero-order valence-electron chi connectivity index (χ0n) is 6.45. The predicted molar refractivity (Wildman–Crippen MR) is 39.6 cm³/mol. The second-order valence-electron chi connectivity index (χ2n) is 3.16. The fourth-order valence-electron chi connectivity index (χ4n) is 1.90. The maximum atomic E-state index is 9.33. The Morgan fingerprint density at radius 3 is 2.50 bits per heavy atom. The average molecular weight is 144 g/mol. The van der Waals surface area contributed by atoms with Gasteiger partial charge in [0.1, 0.15) is 0 Å². The molecule has 0 saturated heterocycles. The SMILES string of the molecule is CCC1CCC(O)C1CO. The summed E-state index contributed by atoms with van der Waals surface area (Å²) in [7, 11) is 0. The van der Waals surface area contributed by atoms with Crippen LogP contribution in [0.25, 0.3) is 0 Å². The molecule has 10 heavy (non-hydrogen) atoms. The van der Waals surface area contributed by atoms with E-state index in [1.54, 1.807) is 0 Å². The lowest BCUT2D eigenvalue weighted by molar-refractivity contribution is 0.0713. The first-order chi connectivity index (χ1) is 4.79. The summed E-state index contributed by atoms with van der Waals surface area (Å²) in [5.41, 5.74) is 0. The minimum Gasteiger partial charge on any atom is -0.396 e. The van der Waals surface area contributed by atoms with Gasteiger partial charge < -0.3 is 10.2 Å². The van der Waals surface area contributed by atoms with Gasteiger partial charge in [-0.15, -0.1) is 0 Å². The third-order valence-electron chi connectivity index (χ3n) is 2.67. The minimum absolute atomic E-state index is 0.152. The van der Waals surface area contributed by atoms with Gasteiger partial charge in [-0.25, -0.2) is 0 Å². The van der Waals surface area contributed by atoms with Gasteiger partial charge >= 0.3 is 0 Å². The van der Waals surface area contributed by atoms with Gasteiger partial charge in [0.15, 0.2) is 0 Å². The summed E-state index contributed by atoms with van der Waals surface area (Å²) in [6.07, 6.45) is 2.81. The van der Waals surface area contributed by atoms with Crippen LogP contribution in [0, 0.1) is 11.8 Å². The molecule has 2 N–H and O–H groups in total. The summed E-state index contributed by atoms with van der Waals surface area (Å²) in [5.74, 6) is 0.713. The van der Waals surface area contributed by atoms with Crippen LogP contribution in [0.3, 0.4) is 0 Å². The van der Waals surface area contributed by atoms with Crippen LogP contribution in [0.15, 0.2) is 0 Å². The molecule has 1 aliphatic rings. The van der Waals surface area contributed by atoms with Crippen molar-refractivity contribution in [3.05, 3.63) is 0 Å². The maximum absolute atomic E-state index is 9.33. The summed E-state index contributed by atoms with van der Waals surface area (Å²) in [4.78, 5) is 0. The molecule has 0 aliphatic heterocycles. The molecule has 3 unspecified atom stereocenters. The Kier molecular flexibility index (Phi) is 2.69. The molecule has 0 spiro atoms. The molecule has 1 saturated carbocycles. The monoisotopic (exact) mass is 144 g/mol. The standard InChI is InChI=1S/C8H16O2/c1-2-6-3-4-8(10)7(6)5-9/h6-10H,2-5H2,1H3. The maximum Gasteiger partial charge on any atom is 0.0593 e. The molecule has 0 bridgehead atoms. The molecule has 2 heteroatoms. The molecule has 0 radical (unpaired) electrons. The van der Waals surface area contributed by atoms with E-state index in [0.717, 1.165) is 19.3 Å². The molecule has 0 aromatic carbocycles. The smallest absolute Gasteiger partial charge is 0.0593 e. The topological polar surface area (TPSA) is 40.5 Å². The van der Waals surface area contributed by atoms with Crippen LogP contribution in [0.2, 0.25) is 0 Å². The zero-order valence-corrected chi connectivity index (χ0v) is 6.45. The summed E-state index contributed by atoms with van der Waals surface area (Å²) in [5, 5.41) is 18.2. The van der Waals surface area contributed by atoms with Gasteiger partial charge in [-0.05, 0) is 18.8 Å². The lowest BCUT2D eigenvalue weighted by atomic mass is 9.93. The highest BCUT2D eigenvalue weighted by atomic mass is 16.3. The van der Waals surface area contributed by atoms with Gasteiger partial charge in [-0.1, -0.05) is 13.3 Å². The Bertz CT molecular complexity index is 103. The van der Waals surface area contributed by atoms with Crippen LogP contribution < -0.4 is 0 Å². The molecule has 0 heterocycles. The van der Waals surface area contributed by atoms with Crippen LogP contribution in [0.4, 0.5) is 0 Å². The third kappa shape index (κ3) is 1.32. The molecular weight excluding hydrogens is 128 g/mol. The third-order valence-corrected chi connectivity index (χ3v) is 2.67. The molecule has 3 atom stereocenters. The molecule has 2 nitrogen and oxygen atoms in total. The zero-order chi connectivity index (χ0) is 7.56. The number of hydrogen-bond acceptors (Lipinski definition) is 2. The van der Waals surface area contributed by atoms with Crippen LogP contribution in [-0.2, 0) is 0 Å². The van der Waals surface area contributed by atoms with Crippen molar-refractivity contribution in [2.24, 2.45) is 11.8 Å². The van der Waals surface area contributed by atoms with Gasteiger partial charge in [-0.3, -0.25) is 0 Å². The van der Waals surface area contributed by atoms with Crippen molar-refractivity contribution in [2.45, 2.75) is 32.3 Å². The van der Waals surface area contributed by atoms with E-state index in [9.17, 15) is 5.11 Å². The first-order valence-electron chi connectivity index (χ1n) is 4.08. The summed E-state index contributed by atoms with van der Waals surface area (Å²) in [6.45, 7) is 2.27.